The third-order valence-corrected chi connectivity index (χ3v) is 6.52. The Morgan fingerprint density at radius 3 is 2.25 bits per heavy atom. The molecule has 2 aromatic heterocycles. The quantitative estimate of drug-likeness (QED) is 0.402. The van der Waals surface area contributed by atoms with Crippen molar-refractivity contribution < 1.29 is 23.5 Å². The maximum absolute atomic E-state index is 12.9. The van der Waals surface area contributed by atoms with Gasteiger partial charge in [0.05, 0.1) is 32.1 Å². The molecule has 2 heterocycles. The predicted molar refractivity (Wildman–Crippen MR) is 133 cm³/mol. The van der Waals surface area contributed by atoms with Gasteiger partial charge in [0.15, 0.2) is 17.3 Å². The van der Waals surface area contributed by atoms with E-state index in [4.69, 9.17) is 24.5 Å². The van der Waals surface area contributed by atoms with Gasteiger partial charge in [-0.05, 0) is 31.0 Å². The maximum atomic E-state index is 12.9. The Hall–Kier alpha value is -4.42. The van der Waals surface area contributed by atoms with E-state index >= 15 is 0 Å². The Balaban J connectivity index is 2.13. The first-order chi connectivity index (χ1) is 17.3. The average molecular weight is 509 g/mol. The fraction of sp³-hybridized carbons (Fsp3) is 0.292. The highest BCUT2D eigenvalue weighted by Crippen LogP contribution is 2.44. The zero-order valence-electron chi connectivity index (χ0n) is 20.3. The Morgan fingerprint density at radius 1 is 1.14 bits per heavy atom. The van der Waals surface area contributed by atoms with Gasteiger partial charge in [0, 0.05) is 11.6 Å². The molecule has 0 radical (unpaired) electrons. The van der Waals surface area contributed by atoms with Crippen LogP contribution < -0.4 is 25.3 Å². The number of hydrogen-bond acceptors (Lipinski definition) is 11. The standard InChI is InChI=1S/C24H24N6O5S/c1-6-18(23(31)28-19-7-12(2)35-30-19)36-24-15(11-26)20(14(10-25)22(27)29-24)13-8-16(32-3)21(34-5)17(9-13)33-4/h7-9,18H,6H2,1-5H3,(H2,27,29)(H,28,30,31)/t18-/m1/s1. The number of carbonyl (C=O) groups excluding carboxylic acids is 1. The van der Waals surface area contributed by atoms with Crippen molar-refractivity contribution in [1.29, 1.82) is 10.5 Å². The summed E-state index contributed by atoms with van der Waals surface area (Å²) in [4.78, 5) is 17.2. The molecule has 0 spiro atoms. The number of methoxy groups -OCH3 is 3. The Morgan fingerprint density at radius 2 is 1.78 bits per heavy atom. The fourth-order valence-electron chi connectivity index (χ4n) is 3.49. The first-order valence-corrected chi connectivity index (χ1v) is 11.5. The van der Waals surface area contributed by atoms with E-state index < -0.39 is 5.25 Å². The van der Waals surface area contributed by atoms with Crippen LogP contribution in [0.15, 0.2) is 27.7 Å². The monoisotopic (exact) mass is 508 g/mol. The van der Waals surface area contributed by atoms with Crippen molar-refractivity contribution in [2.24, 2.45) is 0 Å². The van der Waals surface area contributed by atoms with Crippen molar-refractivity contribution in [2.75, 3.05) is 32.4 Å². The summed E-state index contributed by atoms with van der Waals surface area (Å²) in [5.74, 6) is 1.42. The number of thioether (sulfide) groups is 1. The minimum Gasteiger partial charge on any atom is -0.493 e. The number of aryl methyl sites for hydroxylation is 1. The van der Waals surface area contributed by atoms with E-state index in [2.05, 4.69) is 21.5 Å². The number of nitrogens with zero attached hydrogens (tertiary/aromatic N) is 4. The van der Waals surface area contributed by atoms with E-state index in [-0.39, 0.29) is 39.3 Å². The summed E-state index contributed by atoms with van der Waals surface area (Å²) >= 11 is 1.06. The SMILES string of the molecule is CC[C@@H](Sc1nc(N)c(C#N)c(-c2cc(OC)c(OC)c(OC)c2)c1C#N)C(=O)Nc1cc(C)on1. The minimum absolute atomic E-state index is 0.0146. The number of ether oxygens (including phenoxy) is 3. The zero-order valence-corrected chi connectivity index (χ0v) is 21.1. The molecule has 0 aliphatic rings. The van der Waals surface area contributed by atoms with Crippen LogP contribution in [-0.4, -0.2) is 42.6 Å². The molecular formula is C24H24N6O5S. The zero-order chi connectivity index (χ0) is 26.4. The number of hydrogen-bond donors (Lipinski definition) is 2. The molecule has 0 fully saturated rings. The van der Waals surface area contributed by atoms with Crippen LogP contribution in [-0.2, 0) is 4.79 Å². The normalized spacial score (nSPS) is 11.2. The van der Waals surface area contributed by atoms with Crippen LogP contribution in [0.5, 0.6) is 17.2 Å². The fourth-order valence-corrected chi connectivity index (χ4v) is 4.51. The lowest BCUT2D eigenvalue weighted by Crippen LogP contribution is -2.25. The molecule has 36 heavy (non-hydrogen) atoms. The van der Waals surface area contributed by atoms with Crippen molar-refractivity contribution in [3.05, 3.63) is 35.1 Å². The molecule has 1 atom stereocenters. The number of nitrogen functional groups attached to an aromatic ring is 1. The van der Waals surface area contributed by atoms with Gasteiger partial charge < -0.3 is 29.8 Å². The Bertz CT molecular complexity index is 1350. The molecule has 186 valence electrons. The van der Waals surface area contributed by atoms with Gasteiger partial charge in [0.1, 0.15) is 34.3 Å². The van der Waals surface area contributed by atoms with Gasteiger partial charge in [0.2, 0.25) is 11.7 Å². The molecule has 0 aliphatic carbocycles. The number of pyridine rings is 1. The highest BCUT2D eigenvalue weighted by atomic mass is 32.2. The van der Waals surface area contributed by atoms with Crippen molar-refractivity contribution in [1.82, 2.24) is 10.1 Å². The predicted octanol–water partition coefficient (Wildman–Crippen LogP) is 3.91. The number of nitrogens with one attached hydrogen (secondary N) is 1. The Labute approximate surface area is 212 Å². The average Bonchev–Trinajstić information content (AvgIpc) is 3.29. The lowest BCUT2D eigenvalue weighted by atomic mass is 9.96. The molecule has 11 nitrogen and oxygen atoms in total. The number of carbonyl (C=O) groups is 1. The number of aromatic nitrogens is 2. The van der Waals surface area contributed by atoms with Crippen LogP contribution in [0.25, 0.3) is 11.1 Å². The van der Waals surface area contributed by atoms with Gasteiger partial charge in [-0.15, -0.1) is 0 Å². The summed E-state index contributed by atoms with van der Waals surface area (Å²) in [6.45, 7) is 3.53. The molecule has 0 unspecified atom stereocenters. The van der Waals surface area contributed by atoms with Crippen LogP contribution in [0.1, 0.15) is 30.2 Å². The number of nitrogens with two attached hydrogens (primary N) is 1. The highest BCUT2D eigenvalue weighted by molar-refractivity contribution is 8.00. The first kappa shape index (κ1) is 26.2. The number of rotatable bonds is 9. The van der Waals surface area contributed by atoms with Crippen LogP contribution in [0.4, 0.5) is 11.6 Å². The highest BCUT2D eigenvalue weighted by Gasteiger charge is 2.27. The minimum atomic E-state index is -0.637. The summed E-state index contributed by atoms with van der Waals surface area (Å²) in [5, 5.41) is 26.0. The molecule has 1 amide bonds. The second-order valence-electron chi connectivity index (χ2n) is 7.39. The number of benzene rings is 1. The van der Waals surface area contributed by atoms with Gasteiger partial charge in [-0.1, -0.05) is 23.8 Å². The third kappa shape index (κ3) is 5.14. The molecule has 0 bridgehead atoms. The second kappa shape index (κ2) is 11.3. The van der Waals surface area contributed by atoms with E-state index in [1.165, 1.54) is 21.3 Å². The Kier molecular flexibility index (Phi) is 8.25. The van der Waals surface area contributed by atoms with Crippen LogP contribution >= 0.6 is 11.8 Å². The second-order valence-corrected chi connectivity index (χ2v) is 8.58. The van der Waals surface area contributed by atoms with Gasteiger partial charge >= 0.3 is 0 Å². The third-order valence-electron chi connectivity index (χ3n) is 5.17. The topological polar surface area (TPSA) is 169 Å². The van der Waals surface area contributed by atoms with Crippen molar-refractivity contribution in [2.45, 2.75) is 30.5 Å². The van der Waals surface area contributed by atoms with Gasteiger partial charge in [0.25, 0.3) is 0 Å². The summed E-state index contributed by atoms with van der Waals surface area (Å²) in [6, 6.07) is 8.98. The van der Waals surface area contributed by atoms with Crippen molar-refractivity contribution >= 4 is 29.3 Å². The van der Waals surface area contributed by atoms with E-state index in [1.54, 1.807) is 25.1 Å². The first-order valence-electron chi connectivity index (χ1n) is 10.7. The molecule has 12 heteroatoms. The summed E-state index contributed by atoms with van der Waals surface area (Å²) in [5.41, 5.74) is 6.93. The lowest BCUT2D eigenvalue weighted by molar-refractivity contribution is -0.115. The maximum Gasteiger partial charge on any atom is 0.239 e. The molecule has 0 saturated heterocycles. The number of amides is 1. The molecule has 0 aliphatic heterocycles. The molecular weight excluding hydrogens is 484 g/mol. The van der Waals surface area contributed by atoms with Crippen LogP contribution in [0.3, 0.4) is 0 Å². The smallest absolute Gasteiger partial charge is 0.239 e. The molecule has 3 aromatic rings. The molecule has 3 N–H and O–H groups in total. The van der Waals surface area contributed by atoms with Gasteiger partial charge in [-0.3, -0.25) is 4.79 Å². The summed E-state index contributed by atoms with van der Waals surface area (Å²) < 4.78 is 21.2. The molecule has 1 aromatic carbocycles. The molecule has 0 saturated carbocycles. The van der Waals surface area contributed by atoms with Gasteiger partial charge in [-0.2, -0.15) is 10.5 Å². The summed E-state index contributed by atoms with van der Waals surface area (Å²) in [7, 11) is 4.39. The number of anilines is 2. The number of nitriles is 2. The van der Waals surface area contributed by atoms with Crippen molar-refractivity contribution in [3.63, 3.8) is 0 Å². The molecule has 3 rings (SSSR count). The van der Waals surface area contributed by atoms with Gasteiger partial charge in [-0.25, -0.2) is 4.98 Å². The van der Waals surface area contributed by atoms with E-state index in [0.29, 0.717) is 35.0 Å². The summed E-state index contributed by atoms with van der Waals surface area (Å²) in [6.07, 6.45) is 0.416. The lowest BCUT2D eigenvalue weighted by Gasteiger charge is -2.18. The van der Waals surface area contributed by atoms with Crippen molar-refractivity contribution in [3.8, 4) is 40.5 Å². The van der Waals surface area contributed by atoms with Crippen LogP contribution in [0, 0.1) is 29.6 Å². The van der Waals surface area contributed by atoms with E-state index in [0.717, 1.165) is 11.8 Å². The van der Waals surface area contributed by atoms with Crippen LogP contribution in [0.2, 0.25) is 0 Å². The van der Waals surface area contributed by atoms with E-state index in [9.17, 15) is 15.3 Å². The van der Waals surface area contributed by atoms with E-state index in [1.807, 2.05) is 13.0 Å². The largest absolute Gasteiger partial charge is 0.493 e.